The Kier molecular flexibility index (Phi) is 5.29. The van der Waals surface area contributed by atoms with Crippen LogP contribution in [0, 0.1) is 17.2 Å². The number of aromatic nitrogens is 1. The van der Waals surface area contributed by atoms with Gasteiger partial charge < -0.3 is 14.7 Å². The van der Waals surface area contributed by atoms with Crippen molar-refractivity contribution in [2.45, 2.75) is 25.1 Å². The molecule has 0 saturated carbocycles. The van der Waals surface area contributed by atoms with Gasteiger partial charge in [-0.3, -0.25) is 0 Å². The van der Waals surface area contributed by atoms with Crippen LogP contribution in [0.15, 0.2) is 12.1 Å². The third kappa shape index (κ3) is 3.76. The van der Waals surface area contributed by atoms with Gasteiger partial charge in [-0.1, -0.05) is 0 Å². The van der Waals surface area contributed by atoms with Gasteiger partial charge in [0.2, 0.25) is 0 Å². The first-order valence-corrected chi connectivity index (χ1v) is 7.27. The summed E-state index contributed by atoms with van der Waals surface area (Å²) in [6.45, 7) is 0.559. The fourth-order valence-electron chi connectivity index (χ4n) is 2.67. The number of carbonyl (C=O) groups is 1. The Morgan fingerprint density at radius 3 is 2.58 bits per heavy atom. The highest BCUT2D eigenvalue weighted by Crippen LogP contribution is 2.32. The van der Waals surface area contributed by atoms with E-state index < -0.39 is 23.9 Å². The normalized spacial score (nSPS) is 17.2. The molecule has 24 heavy (non-hydrogen) atoms. The number of esters is 1. The van der Waals surface area contributed by atoms with Crippen molar-refractivity contribution in [3.8, 4) is 6.07 Å². The second-order valence-corrected chi connectivity index (χ2v) is 5.47. The quantitative estimate of drug-likeness (QED) is 0.841. The Morgan fingerprint density at radius 2 is 2.08 bits per heavy atom. The third-order valence-electron chi connectivity index (χ3n) is 4.01. The summed E-state index contributed by atoms with van der Waals surface area (Å²) in [5.41, 5.74) is -1.01. The van der Waals surface area contributed by atoms with E-state index in [0.29, 0.717) is 12.8 Å². The lowest BCUT2D eigenvalue weighted by Gasteiger charge is -2.34. The molecule has 1 atom stereocenters. The molecule has 9 heteroatoms. The maximum absolute atomic E-state index is 12.8. The van der Waals surface area contributed by atoms with Crippen molar-refractivity contribution in [1.82, 2.24) is 4.98 Å². The zero-order chi connectivity index (χ0) is 17.9. The van der Waals surface area contributed by atoms with Crippen LogP contribution in [0.2, 0.25) is 0 Å². The number of aliphatic hydroxyl groups excluding tert-OH is 1. The average Bonchev–Trinajstić information content (AvgIpc) is 2.59. The summed E-state index contributed by atoms with van der Waals surface area (Å²) in [5, 5.41) is 18.9. The second kappa shape index (κ2) is 7.05. The summed E-state index contributed by atoms with van der Waals surface area (Å²) in [7, 11) is 1.17. The molecule has 130 valence electrons. The minimum atomic E-state index is -4.60. The number of hydrogen-bond donors (Lipinski definition) is 1. The summed E-state index contributed by atoms with van der Waals surface area (Å²) in [4.78, 5) is 16.5. The number of nitriles is 1. The molecule has 1 N–H and O–H groups in total. The number of ether oxygens (including phenoxy) is 1. The summed E-state index contributed by atoms with van der Waals surface area (Å²) >= 11 is 0. The van der Waals surface area contributed by atoms with Gasteiger partial charge in [-0.15, -0.1) is 0 Å². The third-order valence-corrected chi connectivity index (χ3v) is 4.01. The maximum atomic E-state index is 12.8. The van der Waals surface area contributed by atoms with Crippen molar-refractivity contribution in [2.75, 3.05) is 25.1 Å². The number of rotatable bonds is 3. The number of piperidine rings is 1. The van der Waals surface area contributed by atoms with E-state index in [9.17, 15) is 23.1 Å². The van der Waals surface area contributed by atoms with Gasteiger partial charge >= 0.3 is 12.1 Å². The largest absolute Gasteiger partial charge is 0.467 e. The summed E-state index contributed by atoms with van der Waals surface area (Å²) in [6, 6.07) is 3.71. The molecule has 0 spiro atoms. The van der Waals surface area contributed by atoms with E-state index in [0.717, 1.165) is 12.1 Å². The second-order valence-electron chi connectivity index (χ2n) is 5.47. The molecule has 1 aromatic rings. The van der Waals surface area contributed by atoms with Crippen LogP contribution in [0.1, 0.15) is 24.1 Å². The molecular formula is C15H16F3N3O3. The zero-order valence-electron chi connectivity index (χ0n) is 12.9. The smallest absolute Gasteiger partial charge is 0.433 e. The summed E-state index contributed by atoms with van der Waals surface area (Å²) in [6.07, 6.45) is -5.11. The lowest BCUT2D eigenvalue weighted by Crippen LogP contribution is -2.41. The molecule has 1 unspecified atom stereocenters. The SMILES string of the molecule is COC(=O)C(O)C1CCN(c2nc(C(F)(F)F)ccc2C#N)CC1. The molecule has 6 nitrogen and oxygen atoms in total. The fraction of sp³-hybridized carbons (Fsp3) is 0.533. The molecule has 2 rings (SSSR count). The molecule has 0 bridgehead atoms. The number of pyridine rings is 1. The van der Waals surface area contributed by atoms with Gasteiger partial charge in [0, 0.05) is 13.1 Å². The Morgan fingerprint density at radius 1 is 1.46 bits per heavy atom. The first-order chi connectivity index (χ1) is 11.3. The van der Waals surface area contributed by atoms with E-state index in [1.807, 2.05) is 6.07 Å². The highest BCUT2D eigenvalue weighted by molar-refractivity contribution is 5.74. The summed E-state index contributed by atoms with van der Waals surface area (Å²) in [5.74, 6) is -1.10. The van der Waals surface area contributed by atoms with Gasteiger partial charge in [0.1, 0.15) is 17.6 Å². The van der Waals surface area contributed by atoms with Crippen LogP contribution in [0.3, 0.4) is 0 Å². The molecule has 1 aromatic heterocycles. The molecule has 1 saturated heterocycles. The van der Waals surface area contributed by atoms with Gasteiger partial charge in [-0.05, 0) is 30.9 Å². The lowest BCUT2D eigenvalue weighted by atomic mass is 9.91. The van der Waals surface area contributed by atoms with Gasteiger partial charge in [-0.2, -0.15) is 18.4 Å². The molecule has 0 aromatic carbocycles. The van der Waals surface area contributed by atoms with E-state index in [1.165, 1.54) is 7.11 Å². The summed E-state index contributed by atoms with van der Waals surface area (Å²) < 4.78 is 42.9. The first-order valence-electron chi connectivity index (χ1n) is 7.27. The molecule has 1 fully saturated rings. The first kappa shape index (κ1) is 18.0. The molecule has 0 amide bonds. The number of methoxy groups -OCH3 is 1. The van der Waals surface area contributed by atoms with E-state index in [1.54, 1.807) is 4.90 Å². The highest BCUT2D eigenvalue weighted by atomic mass is 19.4. The van der Waals surface area contributed by atoms with Crippen LogP contribution < -0.4 is 4.90 Å². The number of nitrogens with zero attached hydrogens (tertiary/aromatic N) is 3. The topological polar surface area (TPSA) is 86.5 Å². The number of anilines is 1. The standard InChI is InChI=1S/C15H16F3N3O3/c1-24-14(23)12(22)9-4-6-21(7-5-9)13-10(8-19)2-3-11(20-13)15(16,17)18/h2-3,9,12,22H,4-7H2,1H3. The number of halogens is 3. The van der Waals surface area contributed by atoms with Crippen LogP contribution in [0.5, 0.6) is 0 Å². The number of alkyl halides is 3. The van der Waals surface area contributed by atoms with E-state index in [-0.39, 0.29) is 30.4 Å². The number of aliphatic hydroxyl groups is 1. The van der Waals surface area contributed by atoms with E-state index in [4.69, 9.17) is 5.26 Å². The molecule has 1 aliphatic heterocycles. The van der Waals surface area contributed by atoms with Gasteiger partial charge in [0.05, 0.1) is 12.7 Å². The average molecular weight is 343 g/mol. The minimum absolute atomic E-state index is 0.0293. The van der Waals surface area contributed by atoms with Crippen molar-refractivity contribution in [1.29, 1.82) is 5.26 Å². The van der Waals surface area contributed by atoms with Crippen LogP contribution in [-0.2, 0) is 15.7 Å². The molecule has 2 heterocycles. The number of hydrogen-bond acceptors (Lipinski definition) is 6. The van der Waals surface area contributed by atoms with Crippen molar-refractivity contribution >= 4 is 11.8 Å². The molecule has 0 radical (unpaired) electrons. The van der Waals surface area contributed by atoms with Crippen molar-refractivity contribution in [3.63, 3.8) is 0 Å². The Balaban J connectivity index is 2.17. The van der Waals surface area contributed by atoms with Crippen molar-refractivity contribution in [3.05, 3.63) is 23.4 Å². The fourth-order valence-corrected chi connectivity index (χ4v) is 2.67. The van der Waals surface area contributed by atoms with Gasteiger partial charge in [0.15, 0.2) is 6.10 Å². The Hall–Kier alpha value is -2.34. The van der Waals surface area contributed by atoms with Crippen LogP contribution in [0.25, 0.3) is 0 Å². The molecule has 0 aliphatic carbocycles. The molecule has 1 aliphatic rings. The minimum Gasteiger partial charge on any atom is -0.467 e. The molecular weight excluding hydrogens is 327 g/mol. The lowest BCUT2D eigenvalue weighted by molar-refractivity contribution is -0.153. The van der Waals surface area contributed by atoms with Crippen LogP contribution in [-0.4, -0.2) is 42.4 Å². The van der Waals surface area contributed by atoms with Crippen molar-refractivity contribution < 1.29 is 27.8 Å². The van der Waals surface area contributed by atoms with Crippen molar-refractivity contribution in [2.24, 2.45) is 5.92 Å². The predicted molar refractivity (Wildman–Crippen MR) is 76.9 cm³/mol. The number of carbonyl (C=O) groups excluding carboxylic acids is 1. The Bertz CT molecular complexity index is 650. The van der Waals surface area contributed by atoms with Crippen LogP contribution in [0.4, 0.5) is 19.0 Å². The van der Waals surface area contributed by atoms with E-state index >= 15 is 0 Å². The van der Waals surface area contributed by atoms with Gasteiger partial charge in [-0.25, -0.2) is 9.78 Å². The van der Waals surface area contributed by atoms with E-state index in [2.05, 4.69) is 9.72 Å². The van der Waals surface area contributed by atoms with Gasteiger partial charge in [0.25, 0.3) is 0 Å². The maximum Gasteiger partial charge on any atom is 0.433 e. The zero-order valence-corrected chi connectivity index (χ0v) is 12.9. The highest BCUT2D eigenvalue weighted by Gasteiger charge is 2.35. The van der Waals surface area contributed by atoms with Crippen LogP contribution >= 0.6 is 0 Å². The Labute approximate surface area is 136 Å². The predicted octanol–water partition coefficient (Wildman–Crippen LogP) is 1.72. The monoisotopic (exact) mass is 343 g/mol.